The van der Waals surface area contributed by atoms with Gasteiger partial charge in [0.1, 0.15) is 0 Å². The second-order valence-corrected chi connectivity index (χ2v) is 8.16. The van der Waals surface area contributed by atoms with E-state index in [1.807, 2.05) is 35.0 Å². The third kappa shape index (κ3) is 5.91. The Morgan fingerprint density at radius 1 is 1.25 bits per heavy atom. The van der Waals surface area contributed by atoms with Crippen molar-refractivity contribution in [2.75, 3.05) is 26.7 Å². The number of rotatable bonds is 7. The molecule has 1 aromatic rings. The van der Waals surface area contributed by atoms with E-state index >= 15 is 0 Å². The highest BCUT2D eigenvalue weighted by Gasteiger charge is 2.26. The number of nitrogens with zero attached hydrogens (tertiary/aromatic N) is 3. The van der Waals surface area contributed by atoms with Crippen LogP contribution in [-0.4, -0.2) is 53.3 Å². The minimum atomic E-state index is 0.189. The van der Waals surface area contributed by atoms with Crippen molar-refractivity contribution >= 4 is 11.8 Å². The summed E-state index contributed by atoms with van der Waals surface area (Å²) in [5, 5.41) is 0. The molecule has 1 atom stereocenters. The number of hydrogen-bond donors (Lipinski definition) is 0. The molecule has 0 spiro atoms. The van der Waals surface area contributed by atoms with Gasteiger partial charge in [-0.2, -0.15) is 0 Å². The maximum absolute atomic E-state index is 12.7. The Balaban J connectivity index is 1.41. The lowest BCUT2D eigenvalue weighted by atomic mass is 9.91. The Labute approximate surface area is 168 Å². The average molecular weight is 384 g/mol. The van der Waals surface area contributed by atoms with Crippen molar-refractivity contribution < 1.29 is 9.59 Å². The number of allylic oxidation sites excluding steroid dienone is 1. The van der Waals surface area contributed by atoms with E-state index in [2.05, 4.69) is 11.1 Å². The van der Waals surface area contributed by atoms with Crippen LogP contribution in [0.4, 0.5) is 0 Å². The summed E-state index contributed by atoms with van der Waals surface area (Å²) in [6.45, 7) is 2.37. The quantitative estimate of drug-likeness (QED) is 0.723. The molecule has 1 aromatic heterocycles. The Morgan fingerprint density at radius 2 is 2.14 bits per heavy atom. The minimum absolute atomic E-state index is 0.189. The first-order chi connectivity index (χ1) is 13.6. The molecule has 1 unspecified atom stereocenters. The van der Waals surface area contributed by atoms with E-state index in [0.29, 0.717) is 18.9 Å². The molecule has 5 nitrogen and oxygen atoms in total. The number of carbonyl (C=O) groups excluding carboxylic acids is 2. The molecular weight excluding hydrogens is 350 g/mol. The molecule has 0 aromatic carbocycles. The van der Waals surface area contributed by atoms with Crippen LogP contribution in [0.15, 0.2) is 36.0 Å². The molecule has 0 bridgehead atoms. The Kier molecular flexibility index (Phi) is 7.63. The van der Waals surface area contributed by atoms with Crippen molar-refractivity contribution in [2.24, 2.45) is 5.92 Å². The molecule has 1 aliphatic carbocycles. The first-order valence-corrected chi connectivity index (χ1v) is 10.8. The molecule has 3 rings (SSSR count). The fourth-order valence-electron chi connectivity index (χ4n) is 4.19. The van der Waals surface area contributed by atoms with Crippen LogP contribution in [0.1, 0.15) is 57.1 Å². The highest BCUT2D eigenvalue weighted by Crippen LogP contribution is 2.25. The predicted molar refractivity (Wildman–Crippen MR) is 111 cm³/mol. The summed E-state index contributed by atoms with van der Waals surface area (Å²) in [5.41, 5.74) is 2.03. The first kappa shape index (κ1) is 20.6. The lowest BCUT2D eigenvalue weighted by Gasteiger charge is -2.34. The molecule has 5 heteroatoms. The number of carbonyl (C=O) groups is 2. The Bertz CT molecular complexity index is 686. The highest BCUT2D eigenvalue weighted by molar-refractivity contribution is 5.93. The molecule has 0 N–H and O–H groups in total. The highest BCUT2D eigenvalue weighted by atomic mass is 16.2. The molecule has 28 heavy (non-hydrogen) atoms. The van der Waals surface area contributed by atoms with Gasteiger partial charge in [-0.3, -0.25) is 14.6 Å². The molecule has 0 radical (unpaired) electrons. The zero-order valence-electron chi connectivity index (χ0n) is 17.1. The largest absolute Gasteiger partial charge is 0.345 e. The smallest absolute Gasteiger partial charge is 0.249 e. The fourth-order valence-corrected chi connectivity index (χ4v) is 4.19. The normalized spacial score (nSPS) is 19.8. The third-order valence-corrected chi connectivity index (χ3v) is 5.99. The van der Waals surface area contributed by atoms with Gasteiger partial charge < -0.3 is 9.80 Å². The van der Waals surface area contributed by atoms with Crippen molar-refractivity contribution in [3.63, 3.8) is 0 Å². The van der Waals surface area contributed by atoms with E-state index < -0.39 is 0 Å². The number of likely N-dealkylation sites (N-methyl/N-ethyl adjacent to an activating group) is 1. The molecular formula is C23H33N3O2. The predicted octanol–water partition coefficient (Wildman–Crippen LogP) is 3.60. The van der Waals surface area contributed by atoms with Gasteiger partial charge in [0, 0.05) is 57.0 Å². The average Bonchev–Trinajstić information content (AvgIpc) is 2.76. The minimum Gasteiger partial charge on any atom is -0.345 e. The Hall–Kier alpha value is -2.17. The third-order valence-electron chi connectivity index (χ3n) is 5.99. The van der Waals surface area contributed by atoms with Crippen LogP contribution >= 0.6 is 0 Å². The second-order valence-electron chi connectivity index (χ2n) is 8.16. The molecule has 0 saturated carbocycles. The summed E-state index contributed by atoms with van der Waals surface area (Å²) in [6, 6.07) is 5.87. The standard InChI is InChI=1S/C23H33N3O2/c1-25(17-14-21-11-5-6-15-24-21)22(27)13-12-19-8-7-16-26(18-19)23(28)20-9-3-2-4-10-20/h5-6,9,11,15,19H,2-4,7-8,10,12-14,16-18H2,1H3. The first-order valence-electron chi connectivity index (χ1n) is 10.8. The van der Waals surface area contributed by atoms with Gasteiger partial charge in [0.25, 0.3) is 0 Å². The summed E-state index contributed by atoms with van der Waals surface area (Å²) in [7, 11) is 1.87. The number of hydrogen-bond acceptors (Lipinski definition) is 3. The lowest BCUT2D eigenvalue weighted by molar-refractivity contribution is -0.130. The number of amides is 2. The molecule has 152 valence electrons. The van der Waals surface area contributed by atoms with Gasteiger partial charge in [-0.1, -0.05) is 12.1 Å². The van der Waals surface area contributed by atoms with Gasteiger partial charge in [0.15, 0.2) is 0 Å². The van der Waals surface area contributed by atoms with Crippen LogP contribution in [0.3, 0.4) is 0 Å². The SMILES string of the molecule is CN(CCc1ccccn1)C(=O)CCC1CCCN(C(=O)C2=CCCCC2)C1. The van der Waals surface area contributed by atoms with Crippen molar-refractivity contribution in [1.29, 1.82) is 0 Å². The fraction of sp³-hybridized carbons (Fsp3) is 0.609. The number of likely N-dealkylation sites (tertiary alicyclic amines) is 1. The van der Waals surface area contributed by atoms with E-state index in [9.17, 15) is 9.59 Å². The number of piperidine rings is 1. The summed E-state index contributed by atoms with van der Waals surface area (Å²) in [6.07, 6.45) is 12.6. The maximum Gasteiger partial charge on any atom is 0.249 e. The van der Waals surface area contributed by atoms with Crippen molar-refractivity contribution in [2.45, 2.75) is 57.8 Å². The summed E-state index contributed by atoms with van der Waals surface area (Å²) >= 11 is 0. The second kappa shape index (κ2) is 10.4. The van der Waals surface area contributed by atoms with Crippen LogP contribution in [0.5, 0.6) is 0 Å². The summed E-state index contributed by atoms with van der Waals surface area (Å²) < 4.78 is 0. The summed E-state index contributed by atoms with van der Waals surface area (Å²) in [4.78, 5) is 33.4. The van der Waals surface area contributed by atoms with E-state index in [1.165, 1.54) is 6.42 Å². The molecule has 2 aliphatic rings. The topological polar surface area (TPSA) is 53.5 Å². The zero-order valence-corrected chi connectivity index (χ0v) is 17.1. The van der Waals surface area contributed by atoms with Gasteiger partial charge in [0.05, 0.1) is 0 Å². The molecule has 2 heterocycles. The van der Waals surface area contributed by atoms with Crippen molar-refractivity contribution in [3.05, 3.63) is 41.7 Å². The molecule has 2 amide bonds. The van der Waals surface area contributed by atoms with Gasteiger partial charge in [-0.05, 0) is 63.0 Å². The Morgan fingerprint density at radius 3 is 2.89 bits per heavy atom. The van der Waals surface area contributed by atoms with Crippen molar-refractivity contribution in [1.82, 2.24) is 14.8 Å². The van der Waals surface area contributed by atoms with E-state index in [-0.39, 0.29) is 11.8 Å². The van der Waals surface area contributed by atoms with Gasteiger partial charge in [-0.25, -0.2) is 0 Å². The van der Waals surface area contributed by atoms with Gasteiger partial charge in [0.2, 0.25) is 11.8 Å². The van der Waals surface area contributed by atoms with E-state index in [0.717, 1.165) is 69.3 Å². The number of pyridine rings is 1. The van der Waals surface area contributed by atoms with Gasteiger partial charge in [-0.15, -0.1) is 0 Å². The maximum atomic E-state index is 12.7. The lowest BCUT2D eigenvalue weighted by Crippen LogP contribution is -2.41. The number of aromatic nitrogens is 1. The van der Waals surface area contributed by atoms with Crippen LogP contribution in [0.2, 0.25) is 0 Å². The van der Waals surface area contributed by atoms with Crippen molar-refractivity contribution in [3.8, 4) is 0 Å². The van der Waals surface area contributed by atoms with E-state index in [1.54, 1.807) is 6.20 Å². The molecule has 1 aliphatic heterocycles. The van der Waals surface area contributed by atoms with Crippen LogP contribution in [0.25, 0.3) is 0 Å². The van der Waals surface area contributed by atoms with Crippen LogP contribution in [0, 0.1) is 5.92 Å². The molecule has 1 fully saturated rings. The van der Waals surface area contributed by atoms with Crippen LogP contribution < -0.4 is 0 Å². The zero-order chi connectivity index (χ0) is 19.8. The monoisotopic (exact) mass is 383 g/mol. The van der Waals surface area contributed by atoms with Crippen LogP contribution in [-0.2, 0) is 16.0 Å². The van der Waals surface area contributed by atoms with E-state index in [4.69, 9.17) is 0 Å². The summed E-state index contributed by atoms with van der Waals surface area (Å²) in [5.74, 6) is 0.868. The molecule has 1 saturated heterocycles. The van der Waals surface area contributed by atoms with Gasteiger partial charge >= 0.3 is 0 Å².